The van der Waals surface area contributed by atoms with Crippen LogP contribution in [0.15, 0.2) is 30.5 Å². The van der Waals surface area contributed by atoms with Crippen LogP contribution in [0.4, 0.5) is 0 Å². The second-order valence-corrected chi connectivity index (χ2v) is 4.22. The molecule has 1 aromatic heterocycles. The highest BCUT2D eigenvalue weighted by Gasteiger charge is 2.05. The van der Waals surface area contributed by atoms with Crippen LogP contribution < -0.4 is 15.2 Å². The van der Waals surface area contributed by atoms with E-state index in [0.29, 0.717) is 13.2 Å². The number of aromatic nitrogens is 2. The van der Waals surface area contributed by atoms with E-state index in [-0.39, 0.29) is 0 Å². The van der Waals surface area contributed by atoms with Gasteiger partial charge in [0.15, 0.2) is 0 Å². The molecule has 0 saturated carbocycles. The summed E-state index contributed by atoms with van der Waals surface area (Å²) in [6.45, 7) is 1.02. The van der Waals surface area contributed by atoms with Gasteiger partial charge in [-0.05, 0) is 24.3 Å². The molecule has 0 saturated heterocycles. The maximum atomic E-state index is 5.78. The minimum absolute atomic E-state index is 0.429. The fourth-order valence-electron chi connectivity index (χ4n) is 1.90. The first-order chi connectivity index (χ1) is 9.24. The van der Waals surface area contributed by atoms with Crippen LogP contribution in [0.2, 0.25) is 0 Å². The summed E-state index contributed by atoms with van der Waals surface area (Å²) in [4.78, 5) is 0. The molecule has 0 aliphatic heterocycles. The van der Waals surface area contributed by atoms with Crippen LogP contribution in [-0.4, -0.2) is 23.5 Å². The van der Waals surface area contributed by atoms with E-state index >= 15 is 0 Å². The van der Waals surface area contributed by atoms with E-state index in [2.05, 4.69) is 5.10 Å². The molecule has 1 aromatic carbocycles. The van der Waals surface area contributed by atoms with Crippen molar-refractivity contribution in [3.8, 4) is 11.5 Å². The Balaban J connectivity index is 1.97. The number of methoxy groups -OCH3 is 1. The van der Waals surface area contributed by atoms with Gasteiger partial charge in [-0.1, -0.05) is 0 Å². The van der Waals surface area contributed by atoms with E-state index in [1.54, 1.807) is 13.3 Å². The molecule has 0 bridgehead atoms. The Morgan fingerprint density at radius 2 is 2.16 bits per heavy atom. The molecule has 0 amide bonds. The highest BCUT2D eigenvalue weighted by molar-refractivity contribution is 5.40. The van der Waals surface area contributed by atoms with Crippen LogP contribution in [0.3, 0.4) is 0 Å². The Bertz CT molecular complexity index is 537. The van der Waals surface area contributed by atoms with Gasteiger partial charge in [0.25, 0.3) is 0 Å². The van der Waals surface area contributed by atoms with Crippen molar-refractivity contribution in [2.75, 3.05) is 13.7 Å². The van der Waals surface area contributed by atoms with E-state index in [1.807, 2.05) is 36.0 Å². The normalized spacial score (nSPS) is 10.5. The minimum atomic E-state index is 0.429. The van der Waals surface area contributed by atoms with Gasteiger partial charge in [0.05, 0.1) is 13.7 Å². The zero-order valence-corrected chi connectivity index (χ0v) is 11.3. The van der Waals surface area contributed by atoms with Gasteiger partial charge in [-0.2, -0.15) is 5.10 Å². The zero-order chi connectivity index (χ0) is 13.7. The molecule has 5 heteroatoms. The Hall–Kier alpha value is -2.01. The molecule has 0 unspecified atom stereocenters. The molecule has 5 nitrogen and oxygen atoms in total. The predicted molar refractivity (Wildman–Crippen MR) is 73.3 cm³/mol. The predicted octanol–water partition coefficient (Wildman–Crippen LogP) is 1.51. The van der Waals surface area contributed by atoms with Crippen molar-refractivity contribution in [3.63, 3.8) is 0 Å². The average Bonchev–Trinajstić information content (AvgIpc) is 2.84. The van der Waals surface area contributed by atoms with E-state index in [9.17, 15) is 0 Å². The molecule has 19 heavy (non-hydrogen) atoms. The summed E-state index contributed by atoms with van der Waals surface area (Å²) in [5.74, 6) is 1.60. The molecule has 2 N–H and O–H groups in total. The van der Waals surface area contributed by atoms with Crippen LogP contribution >= 0.6 is 0 Å². The third-order valence-corrected chi connectivity index (χ3v) is 3.03. The third kappa shape index (κ3) is 3.26. The highest BCUT2D eigenvalue weighted by Crippen LogP contribution is 2.23. The molecule has 0 aliphatic carbocycles. The minimum Gasteiger partial charge on any atom is -0.497 e. The summed E-state index contributed by atoms with van der Waals surface area (Å²) >= 11 is 0. The van der Waals surface area contributed by atoms with Gasteiger partial charge in [-0.3, -0.25) is 4.68 Å². The Morgan fingerprint density at radius 1 is 1.32 bits per heavy atom. The summed E-state index contributed by atoms with van der Waals surface area (Å²) in [6.07, 6.45) is 2.60. The number of rotatable bonds is 6. The van der Waals surface area contributed by atoms with E-state index in [1.165, 1.54) is 0 Å². The monoisotopic (exact) mass is 261 g/mol. The number of ether oxygens (including phenoxy) is 2. The summed E-state index contributed by atoms with van der Waals surface area (Å²) < 4.78 is 12.8. The number of aryl methyl sites for hydroxylation is 1. The van der Waals surface area contributed by atoms with Crippen molar-refractivity contribution in [2.24, 2.45) is 12.8 Å². The van der Waals surface area contributed by atoms with Crippen molar-refractivity contribution < 1.29 is 9.47 Å². The number of benzene rings is 1. The quantitative estimate of drug-likeness (QED) is 0.856. The number of nitrogens with two attached hydrogens (primary N) is 1. The molecule has 1 heterocycles. The van der Waals surface area contributed by atoms with Gasteiger partial charge < -0.3 is 15.2 Å². The molecule has 2 rings (SSSR count). The fraction of sp³-hybridized carbons (Fsp3) is 0.357. The fourth-order valence-corrected chi connectivity index (χ4v) is 1.90. The highest BCUT2D eigenvalue weighted by atomic mass is 16.5. The average molecular weight is 261 g/mol. The molecular weight excluding hydrogens is 242 g/mol. The molecule has 0 fully saturated rings. The van der Waals surface area contributed by atoms with Gasteiger partial charge in [0.2, 0.25) is 0 Å². The molecule has 0 radical (unpaired) electrons. The summed E-state index contributed by atoms with van der Waals surface area (Å²) in [5.41, 5.74) is 7.80. The van der Waals surface area contributed by atoms with E-state index < -0.39 is 0 Å². The molecule has 0 atom stereocenters. The first kappa shape index (κ1) is 13.4. The molecule has 2 aromatic rings. The lowest BCUT2D eigenvalue weighted by Crippen LogP contribution is -2.08. The van der Waals surface area contributed by atoms with Gasteiger partial charge in [-0.25, -0.2) is 0 Å². The lowest BCUT2D eigenvalue weighted by atomic mass is 10.2. The summed E-state index contributed by atoms with van der Waals surface area (Å²) in [7, 11) is 3.56. The number of hydrogen-bond acceptors (Lipinski definition) is 4. The molecule has 102 valence electrons. The largest absolute Gasteiger partial charge is 0.497 e. The van der Waals surface area contributed by atoms with Crippen LogP contribution in [-0.2, 0) is 20.0 Å². The number of nitrogens with zero attached hydrogens (tertiary/aromatic N) is 2. The Kier molecular flexibility index (Phi) is 4.41. The van der Waals surface area contributed by atoms with Gasteiger partial charge >= 0.3 is 0 Å². The summed E-state index contributed by atoms with van der Waals surface area (Å²) in [5, 5.41) is 4.12. The number of hydrogen-bond donors (Lipinski definition) is 1. The second kappa shape index (κ2) is 6.24. The SMILES string of the molecule is COc1ccc(OCCc2ccnn2C)c(CN)c1. The lowest BCUT2D eigenvalue weighted by molar-refractivity contribution is 0.314. The van der Waals surface area contributed by atoms with Crippen LogP contribution in [0.1, 0.15) is 11.3 Å². The lowest BCUT2D eigenvalue weighted by Gasteiger charge is -2.11. The van der Waals surface area contributed by atoms with Crippen molar-refractivity contribution in [2.45, 2.75) is 13.0 Å². The van der Waals surface area contributed by atoms with Crippen LogP contribution in [0.5, 0.6) is 11.5 Å². The Labute approximate surface area is 112 Å². The van der Waals surface area contributed by atoms with Crippen LogP contribution in [0, 0.1) is 0 Å². The molecule has 0 spiro atoms. The smallest absolute Gasteiger partial charge is 0.124 e. The maximum Gasteiger partial charge on any atom is 0.124 e. The van der Waals surface area contributed by atoms with Gasteiger partial charge in [-0.15, -0.1) is 0 Å². The topological polar surface area (TPSA) is 62.3 Å². The van der Waals surface area contributed by atoms with E-state index in [0.717, 1.165) is 29.2 Å². The standard InChI is InChI=1S/C14H19N3O2/c1-17-12(5-7-16-17)6-8-19-14-4-3-13(18-2)9-11(14)10-15/h3-5,7,9H,6,8,10,15H2,1-2H3. The van der Waals surface area contributed by atoms with E-state index in [4.69, 9.17) is 15.2 Å². The van der Waals surface area contributed by atoms with Crippen LogP contribution in [0.25, 0.3) is 0 Å². The molecular formula is C14H19N3O2. The summed E-state index contributed by atoms with van der Waals surface area (Å²) in [6, 6.07) is 7.66. The first-order valence-corrected chi connectivity index (χ1v) is 6.21. The molecule has 0 aliphatic rings. The van der Waals surface area contributed by atoms with Crippen molar-refractivity contribution >= 4 is 0 Å². The van der Waals surface area contributed by atoms with Crippen molar-refractivity contribution in [1.29, 1.82) is 0 Å². The van der Waals surface area contributed by atoms with Crippen molar-refractivity contribution in [3.05, 3.63) is 41.7 Å². The zero-order valence-electron chi connectivity index (χ0n) is 11.3. The van der Waals surface area contributed by atoms with Gasteiger partial charge in [0.1, 0.15) is 11.5 Å². The third-order valence-electron chi connectivity index (χ3n) is 3.03. The Morgan fingerprint density at radius 3 is 2.79 bits per heavy atom. The van der Waals surface area contributed by atoms with Gasteiger partial charge in [0, 0.05) is 37.5 Å². The second-order valence-electron chi connectivity index (χ2n) is 4.22. The van der Waals surface area contributed by atoms with Crippen molar-refractivity contribution in [1.82, 2.24) is 9.78 Å². The maximum absolute atomic E-state index is 5.78. The first-order valence-electron chi connectivity index (χ1n) is 6.21.